The average Bonchev–Trinajstić information content (AvgIpc) is 2.94. The summed E-state index contributed by atoms with van der Waals surface area (Å²) >= 11 is 0. The van der Waals surface area contributed by atoms with Crippen LogP contribution in [0.2, 0.25) is 0 Å². The van der Waals surface area contributed by atoms with Gasteiger partial charge in [-0.2, -0.15) is 0 Å². The van der Waals surface area contributed by atoms with Gasteiger partial charge in [-0.15, -0.1) is 0 Å². The van der Waals surface area contributed by atoms with Crippen molar-refractivity contribution < 1.29 is 18.7 Å². The molecule has 3 N–H and O–H groups in total. The molecule has 6 heteroatoms. The molecule has 0 aliphatic carbocycles. The lowest BCUT2D eigenvalue weighted by Crippen LogP contribution is -2.13. The zero-order chi connectivity index (χ0) is 15.4. The van der Waals surface area contributed by atoms with Gasteiger partial charge in [-0.1, -0.05) is 6.07 Å². The Kier molecular flexibility index (Phi) is 4.27. The number of amides is 1. The molecule has 110 valence electrons. The minimum absolute atomic E-state index is 0.358. The summed E-state index contributed by atoms with van der Waals surface area (Å²) in [6.07, 6.45) is 1.34. The summed E-state index contributed by atoms with van der Waals surface area (Å²) in [7, 11) is 1.31. The standard InChI is InChI=1S/C15H16N2O4/c1-9-12(14(16)18)4-3-5-13(9)17-7-11-6-10(8-21-11)15(19)20-2/h3-6,8,17H,7H2,1-2H3,(H2,16,18). The molecule has 0 fully saturated rings. The summed E-state index contributed by atoms with van der Waals surface area (Å²) in [5, 5.41) is 3.14. The number of esters is 1. The van der Waals surface area contributed by atoms with Crippen LogP contribution < -0.4 is 11.1 Å². The molecule has 2 rings (SSSR count). The monoisotopic (exact) mass is 288 g/mol. The number of benzene rings is 1. The van der Waals surface area contributed by atoms with E-state index in [0.29, 0.717) is 23.4 Å². The van der Waals surface area contributed by atoms with Crippen LogP contribution in [0.15, 0.2) is 34.9 Å². The van der Waals surface area contributed by atoms with Crippen molar-refractivity contribution in [2.45, 2.75) is 13.5 Å². The van der Waals surface area contributed by atoms with Crippen molar-refractivity contribution in [1.82, 2.24) is 0 Å². The molecule has 1 amide bonds. The minimum atomic E-state index is -0.470. The van der Waals surface area contributed by atoms with Crippen LogP contribution in [0.25, 0.3) is 0 Å². The fourth-order valence-corrected chi connectivity index (χ4v) is 1.97. The van der Waals surface area contributed by atoms with Crippen LogP contribution in [0.5, 0.6) is 0 Å². The summed E-state index contributed by atoms with van der Waals surface area (Å²) in [5.74, 6) is -0.335. The SMILES string of the molecule is COC(=O)c1coc(CNc2cccc(C(N)=O)c2C)c1. The Morgan fingerprint density at radius 1 is 1.38 bits per heavy atom. The van der Waals surface area contributed by atoms with Crippen LogP contribution in [0.3, 0.4) is 0 Å². The Bertz CT molecular complexity index is 676. The molecule has 0 unspecified atom stereocenters. The van der Waals surface area contributed by atoms with Gasteiger partial charge >= 0.3 is 5.97 Å². The Morgan fingerprint density at radius 3 is 2.81 bits per heavy atom. The predicted molar refractivity (Wildman–Crippen MR) is 77.1 cm³/mol. The lowest BCUT2D eigenvalue weighted by Gasteiger charge is -2.10. The molecule has 0 spiro atoms. The fraction of sp³-hybridized carbons (Fsp3) is 0.200. The van der Waals surface area contributed by atoms with E-state index < -0.39 is 11.9 Å². The number of hydrogen-bond donors (Lipinski definition) is 2. The minimum Gasteiger partial charge on any atom is -0.467 e. The van der Waals surface area contributed by atoms with E-state index in [9.17, 15) is 9.59 Å². The number of anilines is 1. The predicted octanol–water partition coefficient (Wildman–Crippen LogP) is 2.09. The highest BCUT2D eigenvalue weighted by Crippen LogP contribution is 2.20. The smallest absolute Gasteiger partial charge is 0.341 e. The molecule has 2 aromatic rings. The number of rotatable bonds is 5. The second-order valence-electron chi connectivity index (χ2n) is 4.49. The van der Waals surface area contributed by atoms with Gasteiger partial charge in [0.15, 0.2) is 0 Å². The molecule has 1 aromatic heterocycles. The third-order valence-electron chi connectivity index (χ3n) is 3.13. The van der Waals surface area contributed by atoms with Gasteiger partial charge in [0.25, 0.3) is 0 Å². The van der Waals surface area contributed by atoms with Gasteiger partial charge in [-0.3, -0.25) is 4.79 Å². The number of methoxy groups -OCH3 is 1. The molecule has 1 heterocycles. The molecule has 0 bridgehead atoms. The molecule has 21 heavy (non-hydrogen) atoms. The normalized spacial score (nSPS) is 10.2. The molecule has 0 aliphatic rings. The zero-order valence-electron chi connectivity index (χ0n) is 11.8. The number of nitrogens with one attached hydrogen (secondary N) is 1. The molecular formula is C15H16N2O4. The van der Waals surface area contributed by atoms with Crippen LogP contribution in [0, 0.1) is 6.92 Å². The molecular weight excluding hydrogens is 272 g/mol. The van der Waals surface area contributed by atoms with Gasteiger partial charge in [0.1, 0.15) is 12.0 Å². The Balaban J connectivity index is 2.10. The molecule has 0 atom stereocenters. The average molecular weight is 288 g/mol. The number of nitrogens with two attached hydrogens (primary N) is 1. The van der Waals surface area contributed by atoms with Gasteiger partial charge in [0, 0.05) is 11.3 Å². The van der Waals surface area contributed by atoms with E-state index in [1.807, 2.05) is 13.0 Å². The highest BCUT2D eigenvalue weighted by atomic mass is 16.5. The van der Waals surface area contributed by atoms with Crippen LogP contribution >= 0.6 is 0 Å². The number of primary amides is 1. The third-order valence-corrected chi connectivity index (χ3v) is 3.13. The summed E-state index contributed by atoms with van der Waals surface area (Å²) in [6, 6.07) is 6.86. The maximum atomic E-state index is 11.3. The van der Waals surface area contributed by atoms with Crippen molar-refractivity contribution in [3.8, 4) is 0 Å². The van der Waals surface area contributed by atoms with Gasteiger partial charge in [-0.25, -0.2) is 4.79 Å². The van der Waals surface area contributed by atoms with E-state index in [2.05, 4.69) is 10.1 Å². The molecule has 0 radical (unpaired) electrons. The number of carbonyl (C=O) groups excluding carboxylic acids is 2. The summed E-state index contributed by atoms with van der Waals surface area (Å²) in [4.78, 5) is 22.6. The number of hydrogen-bond acceptors (Lipinski definition) is 5. The Morgan fingerprint density at radius 2 is 2.14 bits per heavy atom. The van der Waals surface area contributed by atoms with Crippen LogP contribution in [0.4, 0.5) is 5.69 Å². The van der Waals surface area contributed by atoms with E-state index in [1.54, 1.807) is 18.2 Å². The number of carbonyl (C=O) groups is 2. The molecule has 1 aromatic carbocycles. The van der Waals surface area contributed by atoms with E-state index in [-0.39, 0.29) is 0 Å². The quantitative estimate of drug-likeness (QED) is 0.821. The molecule has 0 aliphatic heterocycles. The van der Waals surface area contributed by atoms with Crippen molar-refractivity contribution in [3.05, 3.63) is 53.0 Å². The first-order valence-electron chi connectivity index (χ1n) is 6.32. The lowest BCUT2D eigenvalue weighted by atomic mass is 10.1. The first kappa shape index (κ1) is 14.6. The lowest BCUT2D eigenvalue weighted by molar-refractivity contribution is 0.0600. The second kappa shape index (κ2) is 6.13. The van der Waals surface area contributed by atoms with Crippen molar-refractivity contribution in [1.29, 1.82) is 0 Å². The zero-order valence-corrected chi connectivity index (χ0v) is 11.8. The molecule has 0 saturated carbocycles. The first-order valence-corrected chi connectivity index (χ1v) is 6.32. The summed E-state index contributed by atoms with van der Waals surface area (Å²) < 4.78 is 9.87. The maximum absolute atomic E-state index is 11.3. The molecule has 6 nitrogen and oxygen atoms in total. The Hall–Kier alpha value is -2.76. The second-order valence-corrected chi connectivity index (χ2v) is 4.49. The van der Waals surface area contributed by atoms with Crippen molar-refractivity contribution >= 4 is 17.6 Å². The van der Waals surface area contributed by atoms with Gasteiger partial charge in [0.05, 0.1) is 19.2 Å². The number of furan rings is 1. The van der Waals surface area contributed by atoms with Crippen molar-refractivity contribution in [3.63, 3.8) is 0 Å². The first-order chi connectivity index (χ1) is 10.0. The van der Waals surface area contributed by atoms with Crippen LogP contribution in [-0.4, -0.2) is 19.0 Å². The summed E-state index contributed by atoms with van der Waals surface area (Å²) in [5.41, 5.74) is 7.68. The number of ether oxygens (including phenoxy) is 1. The van der Waals surface area contributed by atoms with Crippen molar-refractivity contribution in [2.75, 3.05) is 12.4 Å². The highest BCUT2D eigenvalue weighted by Gasteiger charge is 2.11. The van der Waals surface area contributed by atoms with Crippen LogP contribution in [-0.2, 0) is 11.3 Å². The van der Waals surface area contributed by atoms with Gasteiger partial charge in [-0.05, 0) is 30.7 Å². The topological polar surface area (TPSA) is 94.6 Å². The van der Waals surface area contributed by atoms with Crippen molar-refractivity contribution in [2.24, 2.45) is 5.73 Å². The fourth-order valence-electron chi connectivity index (χ4n) is 1.97. The van der Waals surface area contributed by atoms with E-state index in [4.69, 9.17) is 10.2 Å². The highest BCUT2D eigenvalue weighted by molar-refractivity contribution is 5.95. The van der Waals surface area contributed by atoms with E-state index in [1.165, 1.54) is 13.4 Å². The third kappa shape index (κ3) is 3.22. The van der Waals surface area contributed by atoms with Gasteiger partial charge in [0.2, 0.25) is 5.91 Å². The maximum Gasteiger partial charge on any atom is 0.341 e. The molecule has 0 saturated heterocycles. The van der Waals surface area contributed by atoms with Gasteiger partial charge < -0.3 is 20.2 Å². The largest absolute Gasteiger partial charge is 0.467 e. The van der Waals surface area contributed by atoms with E-state index >= 15 is 0 Å². The van der Waals surface area contributed by atoms with Crippen LogP contribution in [0.1, 0.15) is 32.0 Å². The summed E-state index contributed by atoms with van der Waals surface area (Å²) in [6.45, 7) is 2.19. The van der Waals surface area contributed by atoms with E-state index in [0.717, 1.165) is 11.3 Å². The Labute approximate surface area is 121 Å².